The zero-order valence-electron chi connectivity index (χ0n) is 18.9. The third kappa shape index (κ3) is 4.30. The summed E-state index contributed by atoms with van der Waals surface area (Å²) in [5.41, 5.74) is -0.656. The Balaban J connectivity index is 1.32. The van der Waals surface area contributed by atoms with Crippen LogP contribution in [0.15, 0.2) is 42.5 Å². The summed E-state index contributed by atoms with van der Waals surface area (Å²) in [6.45, 7) is 2.39. The van der Waals surface area contributed by atoms with Gasteiger partial charge in [-0.3, -0.25) is 9.59 Å². The van der Waals surface area contributed by atoms with Gasteiger partial charge in [-0.15, -0.1) is 10.2 Å². The molecular weight excluding hydrogens is 482 g/mol. The van der Waals surface area contributed by atoms with Gasteiger partial charge in [0.2, 0.25) is 0 Å². The van der Waals surface area contributed by atoms with Crippen molar-refractivity contribution in [3.8, 4) is 11.6 Å². The maximum absolute atomic E-state index is 14.0. The summed E-state index contributed by atoms with van der Waals surface area (Å²) in [7, 11) is 0. The summed E-state index contributed by atoms with van der Waals surface area (Å²) in [4.78, 5) is 28.7. The van der Waals surface area contributed by atoms with E-state index in [-0.39, 0.29) is 43.4 Å². The molecule has 0 spiro atoms. The van der Waals surface area contributed by atoms with E-state index in [2.05, 4.69) is 15.5 Å². The van der Waals surface area contributed by atoms with Crippen molar-refractivity contribution in [2.24, 2.45) is 0 Å². The maximum atomic E-state index is 14.0. The number of hydrogen-bond acceptors (Lipinski definition) is 6. The number of aromatic nitrogens is 2. The van der Waals surface area contributed by atoms with Crippen molar-refractivity contribution in [2.45, 2.75) is 13.1 Å². The lowest BCUT2D eigenvalue weighted by atomic mass is 10.1. The molecular formula is C24H19F4N5O3. The van der Waals surface area contributed by atoms with Crippen LogP contribution in [0.5, 0.6) is 11.6 Å². The first-order valence-corrected chi connectivity index (χ1v) is 11.0. The molecule has 0 unspecified atom stereocenters. The van der Waals surface area contributed by atoms with Crippen molar-refractivity contribution in [1.82, 2.24) is 15.1 Å². The minimum Gasteiger partial charge on any atom is -0.435 e. The molecule has 3 heterocycles. The van der Waals surface area contributed by atoms with Gasteiger partial charge >= 0.3 is 6.18 Å². The molecule has 0 saturated carbocycles. The number of nitrogens with zero attached hydrogens (tertiary/aromatic N) is 4. The van der Waals surface area contributed by atoms with Gasteiger partial charge in [0.1, 0.15) is 11.4 Å². The van der Waals surface area contributed by atoms with Gasteiger partial charge in [-0.1, -0.05) is 12.1 Å². The van der Waals surface area contributed by atoms with Crippen molar-refractivity contribution in [1.29, 1.82) is 0 Å². The standard InChI is InChI=1S/C24H19F4N5O3/c1-13-10-18-19(12-17(13)25)36-22-15(21(34)29-18)11-20(30-31-22)32-6-8-33(9-7-32)23(35)14-4-2-3-5-16(14)24(26,27)28/h2-5,10-12H,6-9H2,1H3,(H,29,34). The SMILES string of the molecule is Cc1cc2c(cc1F)Oc1nnc(N3CCN(C(=O)c4ccccc4C(F)(F)F)CC3)cc1C(=O)N2. The van der Waals surface area contributed by atoms with Crippen LogP contribution < -0.4 is 15.0 Å². The number of benzene rings is 2. The van der Waals surface area contributed by atoms with E-state index in [1.54, 1.807) is 11.8 Å². The monoisotopic (exact) mass is 501 g/mol. The number of aryl methyl sites for hydroxylation is 1. The Hall–Kier alpha value is -4.22. The summed E-state index contributed by atoms with van der Waals surface area (Å²) >= 11 is 0. The molecule has 0 aliphatic carbocycles. The Morgan fingerprint density at radius 3 is 2.50 bits per heavy atom. The molecule has 1 N–H and O–H groups in total. The van der Waals surface area contributed by atoms with Gasteiger partial charge in [-0.25, -0.2) is 4.39 Å². The van der Waals surface area contributed by atoms with E-state index >= 15 is 0 Å². The highest BCUT2D eigenvalue weighted by Gasteiger charge is 2.36. The van der Waals surface area contributed by atoms with Crippen LogP contribution >= 0.6 is 0 Å². The van der Waals surface area contributed by atoms with Crippen LogP contribution in [-0.4, -0.2) is 53.1 Å². The fourth-order valence-corrected chi connectivity index (χ4v) is 4.13. The summed E-state index contributed by atoms with van der Waals surface area (Å²) < 4.78 is 59.6. The molecule has 0 radical (unpaired) electrons. The van der Waals surface area contributed by atoms with Gasteiger partial charge in [0.25, 0.3) is 17.7 Å². The van der Waals surface area contributed by atoms with Gasteiger partial charge in [-0.2, -0.15) is 13.2 Å². The molecule has 12 heteroatoms. The van der Waals surface area contributed by atoms with Crippen molar-refractivity contribution >= 4 is 23.3 Å². The molecule has 5 rings (SSSR count). The minimum atomic E-state index is -4.64. The Morgan fingerprint density at radius 2 is 1.78 bits per heavy atom. The molecule has 1 fully saturated rings. The quantitative estimate of drug-likeness (QED) is 0.528. The van der Waals surface area contributed by atoms with E-state index in [4.69, 9.17) is 4.74 Å². The highest BCUT2D eigenvalue weighted by Crippen LogP contribution is 2.37. The van der Waals surface area contributed by atoms with Crippen molar-refractivity contribution in [2.75, 3.05) is 36.4 Å². The number of fused-ring (bicyclic) bond motifs is 2. The van der Waals surface area contributed by atoms with E-state index in [0.717, 1.165) is 12.1 Å². The van der Waals surface area contributed by atoms with Crippen LogP contribution in [-0.2, 0) is 6.18 Å². The fraction of sp³-hybridized carbons (Fsp3) is 0.250. The number of amides is 2. The molecule has 2 aromatic carbocycles. The Labute approximate surface area is 202 Å². The summed E-state index contributed by atoms with van der Waals surface area (Å²) in [6.07, 6.45) is -4.64. The van der Waals surface area contributed by atoms with Crippen molar-refractivity contribution in [3.63, 3.8) is 0 Å². The Morgan fingerprint density at radius 1 is 1.06 bits per heavy atom. The largest absolute Gasteiger partial charge is 0.435 e. The second kappa shape index (κ2) is 8.77. The van der Waals surface area contributed by atoms with E-state index in [0.29, 0.717) is 17.1 Å². The number of alkyl halides is 3. The molecule has 2 amide bonds. The maximum Gasteiger partial charge on any atom is 0.417 e. The second-order valence-electron chi connectivity index (χ2n) is 8.40. The second-order valence-corrected chi connectivity index (χ2v) is 8.40. The molecule has 36 heavy (non-hydrogen) atoms. The normalized spacial score (nSPS) is 15.4. The summed E-state index contributed by atoms with van der Waals surface area (Å²) in [5, 5.41) is 10.8. The molecule has 1 saturated heterocycles. The van der Waals surface area contributed by atoms with Crippen LogP contribution in [0.4, 0.5) is 29.1 Å². The average Bonchev–Trinajstić information content (AvgIpc) is 2.99. The zero-order valence-corrected chi connectivity index (χ0v) is 18.9. The van der Waals surface area contributed by atoms with Crippen LogP contribution in [0, 0.1) is 12.7 Å². The van der Waals surface area contributed by atoms with Gasteiger partial charge in [-0.05, 0) is 30.7 Å². The number of halogens is 4. The molecule has 0 atom stereocenters. The van der Waals surface area contributed by atoms with Gasteiger partial charge in [0, 0.05) is 38.3 Å². The van der Waals surface area contributed by atoms with Gasteiger partial charge in [0.05, 0.1) is 16.8 Å². The molecule has 2 aliphatic rings. The summed E-state index contributed by atoms with van der Waals surface area (Å²) in [6, 6.07) is 8.77. The minimum absolute atomic E-state index is 0.0872. The number of nitrogens with one attached hydrogen (secondary N) is 1. The Kier molecular flexibility index (Phi) is 5.73. The van der Waals surface area contributed by atoms with Crippen LogP contribution in [0.3, 0.4) is 0 Å². The van der Waals surface area contributed by atoms with Gasteiger partial charge in [0.15, 0.2) is 11.6 Å². The molecule has 1 aromatic heterocycles. The smallest absolute Gasteiger partial charge is 0.417 e. The van der Waals surface area contributed by atoms with Crippen molar-refractivity contribution in [3.05, 3.63) is 70.5 Å². The number of anilines is 2. The average molecular weight is 501 g/mol. The first-order valence-electron chi connectivity index (χ1n) is 11.0. The number of ether oxygens (including phenoxy) is 1. The van der Waals surface area contributed by atoms with Crippen molar-refractivity contribution < 1.29 is 31.9 Å². The van der Waals surface area contributed by atoms with E-state index < -0.39 is 34.9 Å². The fourth-order valence-electron chi connectivity index (χ4n) is 4.13. The molecule has 186 valence electrons. The predicted octanol–water partition coefficient (Wildman–Crippen LogP) is 4.26. The molecule has 8 nitrogen and oxygen atoms in total. The van der Waals surface area contributed by atoms with E-state index in [9.17, 15) is 27.2 Å². The molecule has 3 aromatic rings. The van der Waals surface area contributed by atoms with Crippen LogP contribution in [0.2, 0.25) is 0 Å². The number of piperazine rings is 1. The molecule has 2 aliphatic heterocycles. The lowest BCUT2D eigenvalue weighted by Crippen LogP contribution is -2.49. The first-order chi connectivity index (χ1) is 17.1. The zero-order chi connectivity index (χ0) is 25.6. The third-order valence-electron chi connectivity index (χ3n) is 6.06. The summed E-state index contributed by atoms with van der Waals surface area (Å²) in [5.74, 6) is -1.37. The molecule has 0 bridgehead atoms. The van der Waals surface area contributed by atoms with E-state index in [1.807, 2.05) is 0 Å². The lowest BCUT2D eigenvalue weighted by Gasteiger charge is -2.35. The topological polar surface area (TPSA) is 87.7 Å². The van der Waals surface area contributed by atoms with Gasteiger partial charge < -0.3 is 19.9 Å². The number of rotatable bonds is 2. The highest BCUT2D eigenvalue weighted by atomic mass is 19.4. The first kappa shape index (κ1) is 23.5. The highest BCUT2D eigenvalue weighted by molar-refractivity contribution is 6.08. The number of hydrogen-bond donors (Lipinski definition) is 1. The van der Waals surface area contributed by atoms with Crippen LogP contribution in [0.1, 0.15) is 31.8 Å². The predicted molar refractivity (Wildman–Crippen MR) is 121 cm³/mol. The van der Waals surface area contributed by atoms with Crippen LogP contribution in [0.25, 0.3) is 0 Å². The Bertz CT molecular complexity index is 1370. The lowest BCUT2D eigenvalue weighted by molar-refractivity contribution is -0.138. The number of carbonyl (C=O) groups is 2. The van der Waals surface area contributed by atoms with E-state index in [1.165, 1.54) is 35.2 Å². The third-order valence-corrected chi connectivity index (χ3v) is 6.06. The number of carbonyl (C=O) groups excluding carboxylic acids is 2.